The summed E-state index contributed by atoms with van der Waals surface area (Å²) < 4.78 is 14.4. The molecule has 4 aliphatic rings. The zero-order valence-electron chi connectivity index (χ0n) is 19.4. The van der Waals surface area contributed by atoms with Crippen LogP contribution in [0.25, 0.3) is 0 Å². The average Bonchev–Trinajstić information content (AvgIpc) is 3.46. The van der Waals surface area contributed by atoms with Crippen molar-refractivity contribution >= 4 is 34.7 Å². The lowest BCUT2D eigenvalue weighted by atomic mass is 9.59. The van der Waals surface area contributed by atoms with Crippen molar-refractivity contribution in [2.24, 2.45) is 17.8 Å². The Hall–Kier alpha value is -3.65. The van der Waals surface area contributed by atoms with E-state index >= 15 is 0 Å². The topological polar surface area (TPSA) is 91.8 Å². The molecule has 2 amide bonds. The molecule has 6 rings (SSSR count). The Morgan fingerprint density at radius 1 is 1.11 bits per heavy atom. The summed E-state index contributed by atoms with van der Waals surface area (Å²) in [5, 5.41) is 11.6. The standard InChI is InChI=1S/C28H22FNO5S/c1-13-9-22(32)19-11-18-16(23(25(19)26(13)33)14-4-7-21(31)20(29)10-14)5-6-17-24(18)28(35)30(27(17)34)12-15-3-2-8-36-15/h2-5,7-10,17-18,23-24,31H,6,11-12H2,1H3/t17-,18+,23-,24-/m0/s1. The second-order valence-corrected chi connectivity index (χ2v) is 10.8. The van der Waals surface area contributed by atoms with Crippen molar-refractivity contribution in [3.8, 4) is 5.75 Å². The first-order chi connectivity index (χ1) is 17.3. The van der Waals surface area contributed by atoms with Gasteiger partial charge in [0.2, 0.25) is 11.8 Å². The third kappa shape index (κ3) is 3.27. The van der Waals surface area contributed by atoms with Crippen LogP contribution in [-0.2, 0) is 25.7 Å². The van der Waals surface area contributed by atoms with Crippen molar-refractivity contribution in [2.75, 3.05) is 0 Å². The molecule has 2 heterocycles. The first kappa shape index (κ1) is 22.8. The number of carbonyl (C=O) groups is 4. The number of halogens is 1. The number of ketones is 2. The number of phenols is 1. The monoisotopic (exact) mass is 503 g/mol. The molecule has 1 aliphatic heterocycles. The lowest BCUT2D eigenvalue weighted by Crippen LogP contribution is -2.39. The average molecular weight is 504 g/mol. The number of benzene rings is 1. The van der Waals surface area contributed by atoms with Crippen LogP contribution in [0.1, 0.15) is 36.1 Å². The first-order valence-electron chi connectivity index (χ1n) is 11.8. The minimum absolute atomic E-state index is 0.180. The number of thiophene rings is 1. The Morgan fingerprint density at radius 3 is 2.64 bits per heavy atom. The second-order valence-electron chi connectivity index (χ2n) is 9.78. The van der Waals surface area contributed by atoms with Crippen molar-refractivity contribution in [3.63, 3.8) is 0 Å². The number of hydrogen-bond acceptors (Lipinski definition) is 6. The summed E-state index contributed by atoms with van der Waals surface area (Å²) in [6.07, 6.45) is 3.73. The summed E-state index contributed by atoms with van der Waals surface area (Å²) >= 11 is 1.47. The van der Waals surface area contributed by atoms with E-state index in [1.165, 1.54) is 34.4 Å². The normalized spacial score (nSPS) is 27.6. The van der Waals surface area contributed by atoms with Gasteiger partial charge in [0.25, 0.3) is 0 Å². The van der Waals surface area contributed by atoms with Crippen LogP contribution in [-0.4, -0.2) is 33.4 Å². The number of aromatic hydroxyl groups is 1. The second kappa shape index (κ2) is 8.20. The summed E-state index contributed by atoms with van der Waals surface area (Å²) in [6, 6.07) is 7.70. The molecule has 0 radical (unpaired) electrons. The fraction of sp³-hybridized carbons (Fsp3) is 0.286. The quantitative estimate of drug-likeness (QED) is 0.385. The molecule has 1 saturated heterocycles. The minimum Gasteiger partial charge on any atom is -0.505 e. The number of amides is 2. The van der Waals surface area contributed by atoms with Gasteiger partial charge in [0.1, 0.15) is 0 Å². The highest BCUT2D eigenvalue weighted by atomic mass is 32.1. The van der Waals surface area contributed by atoms with E-state index in [2.05, 4.69) is 0 Å². The van der Waals surface area contributed by atoms with Gasteiger partial charge < -0.3 is 5.11 Å². The number of hydrogen-bond donors (Lipinski definition) is 1. The molecule has 8 heteroatoms. The van der Waals surface area contributed by atoms with Crippen LogP contribution in [0.5, 0.6) is 5.75 Å². The lowest BCUT2D eigenvalue weighted by molar-refractivity contribution is -0.140. The van der Waals surface area contributed by atoms with E-state index in [0.717, 1.165) is 10.5 Å². The molecule has 4 atom stereocenters. The number of Topliss-reactive ketones (excluding diaryl/α,β-unsaturated/α-hetero) is 1. The van der Waals surface area contributed by atoms with Crippen molar-refractivity contribution in [3.05, 3.63) is 86.4 Å². The Balaban J connectivity index is 1.46. The molecule has 0 spiro atoms. The fourth-order valence-electron chi connectivity index (χ4n) is 6.22. The number of phenolic OH excluding ortho intramolecular Hbond substituents is 1. The van der Waals surface area contributed by atoms with Gasteiger partial charge in [-0.15, -0.1) is 11.3 Å². The first-order valence-corrected chi connectivity index (χ1v) is 12.7. The summed E-state index contributed by atoms with van der Waals surface area (Å²) in [7, 11) is 0. The SMILES string of the molecule is CC1=CC(=O)C2=C(C1=O)[C@@H](c1ccc(O)c(F)c1)C1=CC[C@@H]3C(=O)N(Cc4cccs4)C(=O)[C@@H]3[C@@H]1C2. The Morgan fingerprint density at radius 2 is 1.92 bits per heavy atom. The maximum Gasteiger partial charge on any atom is 0.234 e. The van der Waals surface area contributed by atoms with Crippen LogP contribution < -0.4 is 0 Å². The highest BCUT2D eigenvalue weighted by Gasteiger charge is 2.56. The minimum atomic E-state index is -0.831. The van der Waals surface area contributed by atoms with E-state index in [4.69, 9.17) is 0 Å². The third-order valence-electron chi connectivity index (χ3n) is 7.86. The Kier molecular flexibility index (Phi) is 5.19. The van der Waals surface area contributed by atoms with E-state index in [9.17, 15) is 28.7 Å². The molecular weight excluding hydrogens is 481 g/mol. The van der Waals surface area contributed by atoms with Crippen LogP contribution >= 0.6 is 11.3 Å². The zero-order valence-corrected chi connectivity index (χ0v) is 20.2. The Bertz CT molecular complexity index is 1450. The van der Waals surface area contributed by atoms with Crippen LogP contribution in [0, 0.1) is 23.6 Å². The number of allylic oxidation sites excluding steroid dienone is 6. The molecule has 0 unspecified atom stereocenters. The number of fused-ring (bicyclic) bond motifs is 3. The molecule has 0 saturated carbocycles. The van der Waals surface area contributed by atoms with Crippen molar-refractivity contribution in [1.29, 1.82) is 0 Å². The van der Waals surface area contributed by atoms with Gasteiger partial charge in [-0.05, 0) is 60.9 Å². The highest BCUT2D eigenvalue weighted by Crippen LogP contribution is 2.55. The third-order valence-corrected chi connectivity index (χ3v) is 8.72. The van der Waals surface area contributed by atoms with Crippen LogP contribution in [0.2, 0.25) is 0 Å². The van der Waals surface area contributed by atoms with E-state index in [-0.39, 0.29) is 36.3 Å². The van der Waals surface area contributed by atoms with Crippen molar-refractivity contribution < 1.29 is 28.7 Å². The molecule has 1 aromatic heterocycles. The molecule has 182 valence electrons. The summed E-state index contributed by atoms with van der Waals surface area (Å²) in [5.41, 5.74) is 2.12. The lowest BCUT2D eigenvalue weighted by Gasteiger charge is -2.42. The fourth-order valence-corrected chi connectivity index (χ4v) is 6.92. The van der Waals surface area contributed by atoms with Gasteiger partial charge >= 0.3 is 0 Å². The zero-order chi connectivity index (χ0) is 25.3. The van der Waals surface area contributed by atoms with Crippen LogP contribution in [0.3, 0.4) is 0 Å². The maximum atomic E-state index is 14.4. The molecule has 6 nitrogen and oxygen atoms in total. The van der Waals surface area contributed by atoms with Gasteiger partial charge in [-0.2, -0.15) is 0 Å². The molecule has 36 heavy (non-hydrogen) atoms. The summed E-state index contributed by atoms with van der Waals surface area (Å²) in [6.45, 7) is 1.79. The van der Waals surface area contributed by atoms with E-state index < -0.39 is 35.2 Å². The molecule has 0 bridgehead atoms. The molecule has 1 fully saturated rings. The largest absolute Gasteiger partial charge is 0.505 e. The molecule has 3 aliphatic carbocycles. The van der Waals surface area contributed by atoms with E-state index in [1.54, 1.807) is 13.0 Å². The van der Waals surface area contributed by atoms with E-state index in [0.29, 0.717) is 28.7 Å². The van der Waals surface area contributed by atoms with Gasteiger partial charge in [0, 0.05) is 27.5 Å². The smallest absolute Gasteiger partial charge is 0.234 e. The summed E-state index contributed by atoms with van der Waals surface area (Å²) in [4.78, 5) is 55.6. The number of carbonyl (C=O) groups excluding carboxylic acids is 4. The predicted octanol–water partition coefficient (Wildman–Crippen LogP) is 4.22. The Labute approximate surface area is 210 Å². The van der Waals surface area contributed by atoms with Gasteiger partial charge in [0.15, 0.2) is 23.1 Å². The van der Waals surface area contributed by atoms with Gasteiger partial charge in [-0.1, -0.05) is 23.8 Å². The van der Waals surface area contributed by atoms with Gasteiger partial charge in [0.05, 0.1) is 18.4 Å². The molecule has 1 N–H and O–H groups in total. The maximum absolute atomic E-state index is 14.4. The number of rotatable bonds is 3. The molecule has 1 aromatic carbocycles. The molecule has 2 aromatic rings. The van der Waals surface area contributed by atoms with Crippen molar-refractivity contribution in [2.45, 2.75) is 32.2 Å². The highest BCUT2D eigenvalue weighted by molar-refractivity contribution is 7.09. The van der Waals surface area contributed by atoms with Crippen LogP contribution in [0.15, 0.2) is 70.2 Å². The predicted molar refractivity (Wildman–Crippen MR) is 129 cm³/mol. The van der Waals surface area contributed by atoms with E-state index in [1.807, 2.05) is 23.6 Å². The number of nitrogens with zero attached hydrogens (tertiary/aromatic N) is 1. The number of likely N-dealkylation sites (tertiary alicyclic amines) is 1. The summed E-state index contributed by atoms with van der Waals surface area (Å²) in [5.74, 6) is -4.78. The van der Waals surface area contributed by atoms with Gasteiger partial charge in [-0.25, -0.2) is 4.39 Å². The molecular formula is C28H22FNO5S. The van der Waals surface area contributed by atoms with Crippen molar-refractivity contribution in [1.82, 2.24) is 4.90 Å². The van der Waals surface area contributed by atoms with Gasteiger partial charge in [-0.3, -0.25) is 24.1 Å². The number of imide groups is 1. The van der Waals surface area contributed by atoms with Crippen LogP contribution in [0.4, 0.5) is 4.39 Å².